The van der Waals surface area contributed by atoms with Crippen LogP contribution in [0.1, 0.15) is 0 Å². The molecule has 54 valence electrons. The lowest BCUT2D eigenvalue weighted by atomic mass is 10.5. The normalized spacial score (nSPS) is 9.40. The maximum atomic E-state index is 5.68. The Bertz CT molecular complexity index is 237. The Morgan fingerprint density at radius 3 is 2.80 bits per heavy atom. The van der Waals surface area contributed by atoms with Crippen molar-refractivity contribution in [3.05, 3.63) is 11.3 Å². The highest BCUT2D eigenvalue weighted by Crippen LogP contribution is 2.21. The third kappa shape index (κ3) is 1.11. The third-order valence-corrected chi connectivity index (χ3v) is 1.43. The van der Waals surface area contributed by atoms with Gasteiger partial charge in [0, 0.05) is 7.05 Å². The van der Waals surface area contributed by atoms with Gasteiger partial charge in [-0.15, -0.1) is 0 Å². The van der Waals surface area contributed by atoms with Crippen molar-refractivity contribution < 1.29 is 0 Å². The molecule has 0 unspecified atom stereocenters. The second-order valence-corrected chi connectivity index (χ2v) is 2.05. The van der Waals surface area contributed by atoms with Gasteiger partial charge in [0.15, 0.2) is 0 Å². The van der Waals surface area contributed by atoms with Gasteiger partial charge >= 0.3 is 0 Å². The summed E-state index contributed by atoms with van der Waals surface area (Å²) in [7, 11) is 1.72. The summed E-state index contributed by atoms with van der Waals surface area (Å²) in [5.74, 6) is 0.843. The first-order valence-electron chi connectivity index (χ1n) is 2.69. The molecule has 4 nitrogen and oxygen atoms in total. The average molecular weight is 159 g/mol. The van der Waals surface area contributed by atoms with Gasteiger partial charge in [-0.05, 0) is 0 Å². The first-order valence-corrected chi connectivity index (χ1v) is 3.07. The van der Waals surface area contributed by atoms with Crippen molar-refractivity contribution in [3.8, 4) is 0 Å². The van der Waals surface area contributed by atoms with Gasteiger partial charge in [-0.25, -0.2) is 9.97 Å². The van der Waals surface area contributed by atoms with Crippen LogP contribution in [0.3, 0.4) is 0 Å². The van der Waals surface area contributed by atoms with E-state index in [0.717, 1.165) is 0 Å². The molecule has 0 fully saturated rings. The molecule has 0 atom stereocenters. The molecule has 10 heavy (non-hydrogen) atoms. The fourth-order valence-corrected chi connectivity index (χ4v) is 0.750. The minimum Gasteiger partial charge on any atom is -0.382 e. The lowest BCUT2D eigenvalue weighted by Gasteiger charge is -2.01. The molecule has 3 N–H and O–H groups in total. The van der Waals surface area contributed by atoms with Crippen LogP contribution in [0.25, 0.3) is 0 Å². The summed E-state index contributed by atoms with van der Waals surface area (Å²) in [5.41, 5.74) is 5.37. The molecule has 1 aromatic rings. The number of nitrogens with two attached hydrogens (primary N) is 1. The van der Waals surface area contributed by atoms with Crippen LogP contribution < -0.4 is 11.1 Å². The number of nitrogen functional groups attached to an aromatic ring is 1. The molecule has 0 amide bonds. The number of aromatic nitrogens is 2. The summed E-state index contributed by atoms with van der Waals surface area (Å²) in [6.07, 6.45) is 1.35. The fourth-order valence-electron chi connectivity index (χ4n) is 0.558. The Kier molecular flexibility index (Phi) is 1.91. The first kappa shape index (κ1) is 7.08. The molecule has 0 bridgehead atoms. The number of nitrogens with one attached hydrogen (secondary N) is 1. The smallest absolute Gasteiger partial charge is 0.150 e. The van der Waals surface area contributed by atoms with Gasteiger partial charge in [0.2, 0.25) is 0 Å². The van der Waals surface area contributed by atoms with Gasteiger partial charge in [0.25, 0.3) is 0 Å². The number of halogens is 1. The number of rotatable bonds is 1. The lowest BCUT2D eigenvalue weighted by Crippen LogP contribution is -1.98. The lowest BCUT2D eigenvalue weighted by molar-refractivity contribution is 1.17. The summed E-state index contributed by atoms with van der Waals surface area (Å²) in [4.78, 5) is 7.51. The summed E-state index contributed by atoms with van der Waals surface area (Å²) in [5, 5.41) is 3.14. The molecule has 0 saturated heterocycles. The highest BCUT2D eigenvalue weighted by atomic mass is 35.5. The van der Waals surface area contributed by atoms with Gasteiger partial charge in [-0.1, -0.05) is 11.6 Å². The highest BCUT2D eigenvalue weighted by Gasteiger charge is 2.02. The van der Waals surface area contributed by atoms with Crippen LogP contribution in [0.15, 0.2) is 6.33 Å². The van der Waals surface area contributed by atoms with Crippen molar-refractivity contribution in [3.63, 3.8) is 0 Å². The predicted octanol–water partition coefficient (Wildman–Crippen LogP) is 0.754. The van der Waals surface area contributed by atoms with Crippen LogP contribution in [-0.2, 0) is 0 Å². The second-order valence-electron chi connectivity index (χ2n) is 1.67. The van der Waals surface area contributed by atoms with Crippen LogP contribution >= 0.6 is 11.6 Å². The maximum absolute atomic E-state index is 5.68. The van der Waals surface area contributed by atoms with E-state index in [4.69, 9.17) is 17.3 Å². The summed E-state index contributed by atoms with van der Waals surface area (Å²) in [6.45, 7) is 0. The Morgan fingerprint density at radius 2 is 2.30 bits per heavy atom. The molecule has 0 aromatic carbocycles. The van der Waals surface area contributed by atoms with E-state index in [2.05, 4.69) is 15.3 Å². The fraction of sp³-hybridized carbons (Fsp3) is 0.200. The molecular formula is C5H7ClN4. The molecule has 0 aliphatic heterocycles. The topological polar surface area (TPSA) is 63.8 Å². The van der Waals surface area contributed by atoms with E-state index in [1.807, 2.05) is 0 Å². The minimum absolute atomic E-state index is 0.293. The molecule has 0 spiro atoms. The summed E-state index contributed by atoms with van der Waals surface area (Å²) >= 11 is 5.68. The molecular weight excluding hydrogens is 152 g/mol. The van der Waals surface area contributed by atoms with Crippen molar-refractivity contribution in [1.29, 1.82) is 0 Å². The minimum atomic E-state index is 0.293. The number of anilines is 2. The van der Waals surface area contributed by atoms with E-state index in [0.29, 0.717) is 16.7 Å². The van der Waals surface area contributed by atoms with E-state index < -0.39 is 0 Å². The zero-order chi connectivity index (χ0) is 7.56. The Balaban J connectivity index is 3.14. The van der Waals surface area contributed by atoms with Crippen LogP contribution in [0.5, 0.6) is 0 Å². The Labute approximate surface area is 63.4 Å². The van der Waals surface area contributed by atoms with Crippen LogP contribution in [-0.4, -0.2) is 17.0 Å². The van der Waals surface area contributed by atoms with Gasteiger partial charge in [0.05, 0.1) is 0 Å². The van der Waals surface area contributed by atoms with Crippen LogP contribution in [0.2, 0.25) is 5.02 Å². The van der Waals surface area contributed by atoms with Crippen molar-refractivity contribution >= 4 is 23.2 Å². The van der Waals surface area contributed by atoms with E-state index in [1.54, 1.807) is 7.05 Å². The van der Waals surface area contributed by atoms with Gasteiger partial charge < -0.3 is 11.1 Å². The van der Waals surface area contributed by atoms with E-state index >= 15 is 0 Å². The van der Waals surface area contributed by atoms with Gasteiger partial charge in [0.1, 0.15) is 23.0 Å². The molecule has 1 aromatic heterocycles. The van der Waals surface area contributed by atoms with Gasteiger partial charge in [-0.2, -0.15) is 0 Å². The van der Waals surface area contributed by atoms with Crippen LogP contribution in [0, 0.1) is 0 Å². The van der Waals surface area contributed by atoms with E-state index in [1.165, 1.54) is 6.33 Å². The molecule has 0 radical (unpaired) electrons. The monoisotopic (exact) mass is 158 g/mol. The highest BCUT2D eigenvalue weighted by molar-refractivity contribution is 6.35. The molecule has 5 heteroatoms. The molecule has 0 saturated carbocycles. The summed E-state index contributed by atoms with van der Waals surface area (Å²) in [6, 6.07) is 0. The Morgan fingerprint density at radius 1 is 1.60 bits per heavy atom. The van der Waals surface area contributed by atoms with Crippen molar-refractivity contribution in [2.45, 2.75) is 0 Å². The number of hydrogen-bond acceptors (Lipinski definition) is 4. The first-order chi connectivity index (χ1) is 4.75. The molecule has 0 aliphatic carbocycles. The molecule has 1 rings (SSSR count). The summed E-state index contributed by atoms with van der Waals surface area (Å²) < 4.78 is 0. The molecule has 0 aliphatic rings. The second kappa shape index (κ2) is 2.70. The number of nitrogens with zero attached hydrogens (tertiary/aromatic N) is 2. The maximum Gasteiger partial charge on any atom is 0.150 e. The quantitative estimate of drug-likeness (QED) is 0.633. The standard InChI is InChI=1S/C5H7ClN4/c1-8-5-3(6)4(7)9-2-10-5/h2H,1H3,(H3,7,8,9,10). The third-order valence-electron chi connectivity index (χ3n) is 1.05. The predicted molar refractivity (Wildman–Crippen MR) is 41.0 cm³/mol. The zero-order valence-corrected chi connectivity index (χ0v) is 6.18. The SMILES string of the molecule is CNc1ncnc(N)c1Cl. The zero-order valence-electron chi connectivity index (χ0n) is 5.43. The van der Waals surface area contributed by atoms with Crippen molar-refractivity contribution in [1.82, 2.24) is 9.97 Å². The Hall–Kier alpha value is -1.03. The largest absolute Gasteiger partial charge is 0.382 e. The average Bonchev–Trinajstić information content (AvgIpc) is 1.95. The van der Waals surface area contributed by atoms with E-state index in [-0.39, 0.29) is 0 Å². The van der Waals surface area contributed by atoms with Crippen LogP contribution in [0.4, 0.5) is 11.6 Å². The van der Waals surface area contributed by atoms with Gasteiger partial charge in [-0.3, -0.25) is 0 Å². The molecule has 1 heterocycles. The number of hydrogen-bond donors (Lipinski definition) is 2. The van der Waals surface area contributed by atoms with E-state index in [9.17, 15) is 0 Å². The van der Waals surface area contributed by atoms with Crippen molar-refractivity contribution in [2.24, 2.45) is 0 Å². The van der Waals surface area contributed by atoms with Crippen molar-refractivity contribution in [2.75, 3.05) is 18.1 Å².